The molecule has 10 heteroatoms. The topological polar surface area (TPSA) is 156 Å². The quantitative estimate of drug-likeness (QED) is 0.133. The lowest BCUT2D eigenvalue weighted by Crippen LogP contribution is -2.22. The number of benzene rings is 3. The summed E-state index contributed by atoms with van der Waals surface area (Å²) in [7, 11) is 1.46. The van der Waals surface area contributed by atoms with Gasteiger partial charge in [0, 0.05) is 23.1 Å². The highest BCUT2D eigenvalue weighted by Gasteiger charge is 2.35. The molecular weight excluding hydrogens is 496 g/mol. The van der Waals surface area contributed by atoms with E-state index in [4.69, 9.17) is 25.1 Å². The lowest BCUT2D eigenvalue weighted by atomic mass is 9.85. The third-order valence-corrected chi connectivity index (χ3v) is 6.20. The number of fused-ring (bicyclic) bond motifs is 3. The smallest absolute Gasteiger partial charge is 0.312 e. The fourth-order valence-electron chi connectivity index (χ4n) is 4.47. The van der Waals surface area contributed by atoms with Crippen LogP contribution < -0.4 is 19.6 Å². The van der Waals surface area contributed by atoms with Crippen LogP contribution in [-0.2, 0) is 4.79 Å². The number of terminal acetylenes is 1. The molecule has 4 aromatic rings. The van der Waals surface area contributed by atoms with Crippen molar-refractivity contribution in [1.29, 1.82) is 0 Å². The molecule has 10 nitrogen and oxygen atoms in total. The number of methoxy groups -OCH3 is 1. The number of ether oxygens (including phenoxy) is 3. The molecule has 0 fully saturated rings. The highest BCUT2D eigenvalue weighted by atomic mass is 16.5. The van der Waals surface area contributed by atoms with E-state index < -0.39 is 40.3 Å². The zero-order valence-corrected chi connectivity index (χ0v) is 19.8. The number of phenols is 3. The van der Waals surface area contributed by atoms with E-state index in [0.717, 1.165) is 18.2 Å². The molecule has 1 aromatic heterocycles. The zero-order valence-electron chi connectivity index (χ0n) is 19.8. The molecule has 0 amide bonds. The Kier molecular flexibility index (Phi) is 5.97. The summed E-state index contributed by atoms with van der Waals surface area (Å²) in [5.74, 6) is -0.877. The molecule has 5 rings (SSSR count). The van der Waals surface area contributed by atoms with Crippen LogP contribution >= 0.6 is 0 Å². The summed E-state index contributed by atoms with van der Waals surface area (Å²) in [4.78, 5) is 25.7. The lowest BCUT2D eigenvalue weighted by molar-refractivity contribution is -0.135. The van der Waals surface area contributed by atoms with Crippen LogP contribution in [0.2, 0.25) is 0 Å². The van der Waals surface area contributed by atoms with E-state index in [9.17, 15) is 30.0 Å². The third-order valence-electron chi connectivity index (χ3n) is 6.20. The van der Waals surface area contributed by atoms with E-state index in [0.29, 0.717) is 17.1 Å². The third kappa shape index (κ3) is 3.96. The number of hydrogen-bond donors (Lipinski definition) is 4. The number of carbonyl (C=O) groups excluding carboxylic acids is 1. The summed E-state index contributed by atoms with van der Waals surface area (Å²) in [6.45, 7) is -0.0309. The van der Waals surface area contributed by atoms with Gasteiger partial charge in [-0.1, -0.05) is 12.0 Å². The Morgan fingerprint density at radius 3 is 2.50 bits per heavy atom. The largest absolute Gasteiger partial charge is 0.507 e. The van der Waals surface area contributed by atoms with Crippen molar-refractivity contribution in [3.8, 4) is 63.9 Å². The Morgan fingerprint density at radius 2 is 1.79 bits per heavy atom. The summed E-state index contributed by atoms with van der Waals surface area (Å²) in [6, 6.07) is 9.67. The van der Waals surface area contributed by atoms with Gasteiger partial charge >= 0.3 is 5.97 Å². The molecule has 192 valence electrons. The second-order valence-electron chi connectivity index (χ2n) is 8.46. The fraction of sp³-hybridized carbons (Fsp3) is 0.143. The molecule has 0 saturated heterocycles. The highest BCUT2D eigenvalue weighted by molar-refractivity contribution is 5.94. The average Bonchev–Trinajstić information content (AvgIpc) is 2.90. The van der Waals surface area contributed by atoms with Crippen molar-refractivity contribution in [1.82, 2.24) is 0 Å². The van der Waals surface area contributed by atoms with Crippen LogP contribution in [0.1, 0.15) is 23.5 Å². The molecule has 0 saturated carbocycles. The molecule has 38 heavy (non-hydrogen) atoms. The predicted molar refractivity (Wildman–Crippen MR) is 134 cm³/mol. The van der Waals surface area contributed by atoms with Gasteiger partial charge in [-0.15, -0.1) is 6.42 Å². The Hall–Kier alpha value is -5.30. The van der Waals surface area contributed by atoms with Crippen molar-refractivity contribution in [3.05, 3.63) is 63.8 Å². The minimum atomic E-state index is -0.947. The molecule has 0 aliphatic carbocycles. The first-order chi connectivity index (χ1) is 18.2. The predicted octanol–water partition coefficient (Wildman–Crippen LogP) is 3.74. The van der Waals surface area contributed by atoms with Gasteiger partial charge < -0.3 is 39.1 Å². The van der Waals surface area contributed by atoms with Crippen molar-refractivity contribution in [2.45, 2.75) is 12.3 Å². The minimum Gasteiger partial charge on any atom is -0.507 e. The Balaban J connectivity index is 1.79. The molecule has 0 radical (unpaired) electrons. The second kappa shape index (κ2) is 9.29. The van der Waals surface area contributed by atoms with Gasteiger partial charge in [0.2, 0.25) is 11.2 Å². The van der Waals surface area contributed by atoms with Crippen molar-refractivity contribution in [3.63, 3.8) is 0 Å². The fourth-order valence-corrected chi connectivity index (χ4v) is 4.47. The summed E-state index contributed by atoms with van der Waals surface area (Å²) < 4.78 is 22.3. The van der Waals surface area contributed by atoms with Crippen molar-refractivity contribution in [2.75, 3.05) is 13.7 Å². The van der Waals surface area contributed by atoms with E-state index in [1.165, 1.54) is 13.2 Å². The van der Waals surface area contributed by atoms with Crippen LogP contribution in [0.15, 0.2) is 51.7 Å². The monoisotopic (exact) mass is 516 g/mol. The molecule has 0 spiro atoms. The summed E-state index contributed by atoms with van der Waals surface area (Å²) in [5, 5.41) is 40.6. The number of phenolic OH excluding ortho intramolecular Hbond substituents is 3. The van der Waals surface area contributed by atoms with Crippen LogP contribution in [0.4, 0.5) is 0 Å². The van der Waals surface area contributed by atoms with Crippen LogP contribution in [0.25, 0.3) is 22.3 Å². The molecule has 2 heterocycles. The van der Waals surface area contributed by atoms with Crippen molar-refractivity contribution in [2.24, 2.45) is 0 Å². The van der Waals surface area contributed by atoms with Gasteiger partial charge in [0.25, 0.3) is 0 Å². The maximum absolute atomic E-state index is 13.2. The SMILES string of the molecule is C#CCOc1cc(C2CC(=O)Oc3cc(O)c4c(=O)c(O)c(-c5ccc(O)c(O)c5)oc4c32)ccc1OC. The van der Waals surface area contributed by atoms with Crippen LogP contribution in [0, 0.1) is 12.3 Å². The van der Waals surface area contributed by atoms with Gasteiger partial charge in [0.1, 0.15) is 29.1 Å². The Morgan fingerprint density at radius 1 is 1.00 bits per heavy atom. The van der Waals surface area contributed by atoms with E-state index in [-0.39, 0.29) is 46.6 Å². The van der Waals surface area contributed by atoms with Gasteiger partial charge in [0.15, 0.2) is 28.8 Å². The van der Waals surface area contributed by atoms with Crippen LogP contribution in [0.5, 0.6) is 40.2 Å². The molecule has 1 aliphatic rings. The lowest BCUT2D eigenvalue weighted by Gasteiger charge is -2.26. The maximum Gasteiger partial charge on any atom is 0.312 e. The number of esters is 1. The molecule has 4 N–H and O–H groups in total. The number of hydrogen-bond acceptors (Lipinski definition) is 10. The number of aromatic hydroxyl groups is 4. The summed E-state index contributed by atoms with van der Waals surface area (Å²) in [6.07, 6.45) is 5.17. The first-order valence-corrected chi connectivity index (χ1v) is 11.3. The van der Waals surface area contributed by atoms with E-state index in [2.05, 4.69) is 5.92 Å². The van der Waals surface area contributed by atoms with Gasteiger partial charge in [-0.2, -0.15) is 0 Å². The summed E-state index contributed by atoms with van der Waals surface area (Å²) in [5.41, 5.74) is -0.163. The van der Waals surface area contributed by atoms with Crippen LogP contribution in [-0.4, -0.2) is 40.1 Å². The standard InChI is InChI=1S/C28H20O10/c1-3-8-36-20-10-13(5-7-19(20)35-2)15-11-22(32)37-21-12-18(31)24-25(33)26(34)27(38-28(24)23(15)21)14-4-6-16(29)17(30)9-14/h1,4-7,9-10,12,15,29-31,34H,8,11H2,2H3. The Bertz CT molecular complexity index is 1710. The molecule has 0 bridgehead atoms. The maximum atomic E-state index is 13.2. The Labute approximate surface area is 214 Å². The number of rotatable bonds is 5. The van der Waals surface area contributed by atoms with Gasteiger partial charge in [0.05, 0.1) is 13.5 Å². The molecular formula is C28H20O10. The average molecular weight is 516 g/mol. The first kappa shape index (κ1) is 24.4. The molecule has 1 aliphatic heterocycles. The van der Waals surface area contributed by atoms with Gasteiger partial charge in [-0.3, -0.25) is 9.59 Å². The number of carbonyl (C=O) groups is 1. The van der Waals surface area contributed by atoms with Gasteiger partial charge in [-0.05, 0) is 35.9 Å². The molecule has 1 atom stereocenters. The second-order valence-corrected chi connectivity index (χ2v) is 8.46. The van der Waals surface area contributed by atoms with Gasteiger partial charge in [-0.25, -0.2) is 0 Å². The normalized spacial score (nSPS) is 14.4. The van der Waals surface area contributed by atoms with E-state index in [1.54, 1.807) is 18.2 Å². The van der Waals surface area contributed by atoms with Crippen LogP contribution in [0.3, 0.4) is 0 Å². The van der Waals surface area contributed by atoms with Crippen molar-refractivity contribution < 1.29 is 43.8 Å². The van der Waals surface area contributed by atoms with Crippen molar-refractivity contribution >= 4 is 16.9 Å². The first-order valence-electron chi connectivity index (χ1n) is 11.3. The molecule has 1 unspecified atom stereocenters. The highest BCUT2D eigenvalue weighted by Crippen LogP contribution is 2.48. The van der Waals surface area contributed by atoms with E-state index >= 15 is 0 Å². The zero-order chi connectivity index (χ0) is 27.1. The van der Waals surface area contributed by atoms with E-state index in [1.807, 2.05) is 0 Å². The minimum absolute atomic E-state index is 0.0309. The molecule has 3 aromatic carbocycles. The summed E-state index contributed by atoms with van der Waals surface area (Å²) >= 11 is 0.